The molecule has 0 aliphatic carbocycles. The molecule has 0 atom stereocenters. The third kappa shape index (κ3) is 4.28. The summed E-state index contributed by atoms with van der Waals surface area (Å²) in [6, 6.07) is 14.3. The molecule has 11 heteroatoms. The zero-order valence-electron chi connectivity index (χ0n) is 19.3. The van der Waals surface area contributed by atoms with Crippen LogP contribution in [0.15, 0.2) is 59.4 Å². The largest absolute Gasteiger partial charge is 0.573 e. The standard InChI is InChI=1S/C25H19ClF3N5O2/c1-24(2,3)22-31-20-17(21-32-33-23(35)34(21)22)12-16(19(30-20)15-6-4-5-7-18(15)26)13-8-10-14(11-9-13)36-25(27,28)29/h4-12H,1-3H3,(H,33,35). The monoisotopic (exact) mass is 513 g/mol. The van der Waals surface area contributed by atoms with E-state index in [0.717, 1.165) is 0 Å². The normalized spacial score (nSPS) is 12.4. The van der Waals surface area contributed by atoms with Crippen molar-refractivity contribution in [2.45, 2.75) is 32.5 Å². The van der Waals surface area contributed by atoms with Gasteiger partial charge in [-0.1, -0.05) is 62.7 Å². The smallest absolute Gasteiger partial charge is 0.406 e. The van der Waals surface area contributed by atoms with Crippen molar-refractivity contribution < 1.29 is 17.9 Å². The molecule has 3 heterocycles. The van der Waals surface area contributed by atoms with Gasteiger partial charge >= 0.3 is 12.1 Å². The van der Waals surface area contributed by atoms with Gasteiger partial charge in [0.05, 0.1) is 11.1 Å². The van der Waals surface area contributed by atoms with Crippen LogP contribution < -0.4 is 10.4 Å². The van der Waals surface area contributed by atoms with E-state index in [-0.39, 0.29) is 5.75 Å². The summed E-state index contributed by atoms with van der Waals surface area (Å²) in [5.74, 6) is 0.125. The Labute approximate surface area is 207 Å². The van der Waals surface area contributed by atoms with E-state index in [1.165, 1.54) is 28.7 Å². The van der Waals surface area contributed by atoms with Gasteiger partial charge in [0.2, 0.25) is 0 Å². The van der Waals surface area contributed by atoms with Gasteiger partial charge in [-0.3, -0.25) is 0 Å². The Kier molecular flexibility index (Phi) is 5.51. The van der Waals surface area contributed by atoms with E-state index in [2.05, 4.69) is 14.9 Å². The number of H-pyrrole nitrogens is 1. The third-order valence-electron chi connectivity index (χ3n) is 5.54. The van der Waals surface area contributed by atoms with Gasteiger partial charge in [0.25, 0.3) is 0 Å². The summed E-state index contributed by atoms with van der Waals surface area (Å²) in [5, 5.41) is 7.60. The Bertz CT molecular complexity index is 1670. The molecule has 2 aromatic carbocycles. The Morgan fingerprint density at radius 2 is 1.67 bits per heavy atom. The Morgan fingerprint density at radius 1 is 0.972 bits per heavy atom. The molecule has 5 rings (SSSR count). The first-order valence-electron chi connectivity index (χ1n) is 10.9. The molecule has 0 unspecified atom stereocenters. The first-order chi connectivity index (χ1) is 16.9. The highest BCUT2D eigenvalue weighted by Crippen LogP contribution is 2.38. The summed E-state index contributed by atoms with van der Waals surface area (Å²) in [6.45, 7) is 5.77. The van der Waals surface area contributed by atoms with E-state index in [1.54, 1.807) is 24.3 Å². The number of ether oxygens (including phenoxy) is 1. The van der Waals surface area contributed by atoms with Gasteiger partial charge in [0, 0.05) is 21.6 Å². The van der Waals surface area contributed by atoms with Crippen LogP contribution in [-0.2, 0) is 5.41 Å². The summed E-state index contributed by atoms with van der Waals surface area (Å²) >= 11 is 6.50. The third-order valence-corrected chi connectivity index (χ3v) is 5.87. The molecule has 0 fully saturated rings. The molecule has 36 heavy (non-hydrogen) atoms. The molecular weight excluding hydrogens is 495 g/mol. The van der Waals surface area contributed by atoms with Gasteiger partial charge in [-0.2, -0.15) is 5.10 Å². The second-order valence-corrected chi connectivity index (χ2v) is 9.59. The minimum absolute atomic E-state index is 0.339. The minimum Gasteiger partial charge on any atom is -0.406 e. The molecule has 1 N–H and O–H groups in total. The second-order valence-electron chi connectivity index (χ2n) is 9.18. The van der Waals surface area contributed by atoms with Crippen molar-refractivity contribution in [3.63, 3.8) is 0 Å². The van der Waals surface area contributed by atoms with Crippen molar-refractivity contribution in [1.29, 1.82) is 0 Å². The van der Waals surface area contributed by atoms with Crippen LogP contribution in [0.5, 0.6) is 5.75 Å². The SMILES string of the molecule is CC(C)(C)c1nc2nc(-c3ccccc3Cl)c(-c3ccc(OC(F)(F)F)cc3)cc2c2n[nH]c(=O)n12. The van der Waals surface area contributed by atoms with Gasteiger partial charge in [-0.15, -0.1) is 13.2 Å². The number of halogens is 4. The predicted molar refractivity (Wildman–Crippen MR) is 130 cm³/mol. The van der Waals surface area contributed by atoms with Crippen molar-refractivity contribution in [2.75, 3.05) is 0 Å². The number of aromatic amines is 1. The van der Waals surface area contributed by atoms with Crippen LogP contribution in [0, 0.1) is 0 Å². The highest BCUT2D eigenvalue weighted by molar-refractivity contribution is 6.33. The van der Waals surface area contributed by atoms with Crippen molar-refractivity contribution in [3.8, 4) is 28.1 Å². The summed E-state index contributed by atoms with van der Waals surface area (Å²) in [6.07, 6.45) is -4.80. The number of pyridine rings is 1. The number of aromatic nitrogens is 5. The van der Waals surface area contributed by atoms with Gasteiger partial charge in [0.15, 0.2) is 11.3 Å². The van der Waals surface area contributed by atoms with Crippen LogP contribution in [-0.4, -0.2) is 30.9 Å². The first-order valence-corrected chi connectivity index (χ1v) is 11.2. The number of benzene rings is 2. The number of alkyl halides is 3. The van der Waals surface area contributed by atoms with Crippen molar-refractivity contribution in [2.24, 2.45) is 0 Å². The van der Waals surface area contributed by atoms with Gasteiger partial charge in [-0.05, 0) is 29.8 Å². The number of fused-ring (bicyclic) bond motifs is 3. The fraction of sp³-hybridized carbons (Fsp3) is 0.200. The maximum absolute atomic E-state index is 12.6. The van der Waals surface area contributed by atoms with E-state index in [4.69, 9.17) is 21.6 Å². The summed E-state index contributed by atoms with van der Waals surface area (Å²) in [7, 11) is 0. The summed E-state index contributed by atoms with van der Waals surface area (Å²) < 4.78 is 43.3. The maximum Gasteiger partial charge on any atom is 0.573 e. The van der Waals surface area contributed by atoms with Crippen molar-refractivity contribution >= 4 is 28.3 Å². The number of rotatable bonds is 3. The molecule has 184 valence electrons. The topological polar surface area (TPSA) is 85.2 Å². The Hall–Kier alpha value is -3.92. The number of nitrogens with zero attached hydrogens (tertiary/aromatic N) is 4. The lowest BCUT2D eigenvalue weighted by Gasteiger charge is -2.20. The van der Waals surface area contributed by atoms with Crippen molar-refractivity contribution in [3.05, 3.63) is 75.9 Å². The first kappa shape index (κ1) is 23.8. The lowest BCUT2D eigenvalue weighted by Crippen LogP contribution is -2.25. The van der Waals surface area contributed by atoms with Crippen LogP contribution in [0.2, 0.25) is 5.02 Å². The molecule has 3 aromatic heterocycles. The minimum atomic E-state index is -4.80. The average Bonchev–Trinajstić information content (AvgIpc) is 3.18. The molecule has 0 saturated heterocycles. The fourth-order valence-electron chi connectivity index (χ4n) is 4.00. The van der Waals surface area contributed by atoms with E-state index in [9.17, 15) is 18.0 Å². The molecular formula is C25H19ClF3N5O2. The second kappa shape index (κ2) is 8.34. The van der Waals surface area contributed by atoms with Crippen LogP contribution >= 0.6 is 11.6 Å². The van der Waals surface area contributed by atoms with Crippen LogP contribution in [0.4, 0.5) is 13.2 Å². The van der Waals surface area contributed by atoms with Crippen molar-refractivity contribution in [1.82, 2.24) is 24.6 Å². The summed E-state index contributed by atoms with van der Waals surface area (Å²) in [4.78, 5) is 22.1. The molecule has 0 aliphatic rings. The van der Waals surface area contributed by atoms with E-state index in [0.29, 0.717) is 49.9 Å². The molecule has 0 radical (unpaired) electrons. The molecule has 0 bridgehead atoms. The lowest BCUT2D eigenvalue weighted by molar-refractivity contribution is -0.274. The number of nitrogens with one attached hydrogen (secondary N) is 1. The highest BCUT2D eigenvalue weighted by atomic mass is 35.5. The maximum atomic E-state index is 12.6. The van der Waals surface area contributed by atoms with E-state index < -0.39 is 17.5 Å². The predicted octanol–water partition coefficient (Wildman–Crippen LogP) is 6.15. The Balaban J connectivity index is 1.82. The molecule has 0 spiro atoms. The summed E-state index contributed by atoms with van der Waals surface area (Å²) in [5.41, 5.74) is 1.97. The number of hydrogen-bond acceptors (Lipinski definition) is 5. The van der Waals surface area contributed by atoms with Crippen LogP contribution in [0.3, 0.4) is 0 Å². The van der Waals surface area contributed by atoms with Gasteiger partial charge in [0.1, 0.15) is 11.6 Å². The quantitative estimate of drug-likeness (QED) is 0.313. The zero-order chi connectivity index (χ0) is 25.8. The van der Waals surface area contributed by atoms with Crippen LogP contribution in [0.25, 0.3) is 39.1 Å². The van der Waals surface area contributed by atoms with Gasteiger partial charge in [-0.25, -0.2) is 24.3 Å². The molecule has 5 aromatic rings. The number of hydrogen-bond donors (Lipinski definition) is 1. The molecule has 0 saturated carbocycles. The Morgan fingerprint density at radius 3 is 2.31 bits per heavy atom. The lowest BCUT2D eigenvalue weighted by atomic mass is 9.95. The molecule has 0 aliphatic heterocycles. The van der Waals surface area contributed by atoms with Gasteiger partial charge < -0.3 is 4.74 Å². The van der Waals surface area contributed by atoms with E-state index >= 15 is 0 Å². The fourth-order valence-corrected chi connectivity index (χ4v) is 4.22. The van der Waals surface area contributed by atoms with Crippen LogP contribution in [0.1, 0.15) is 26.6 Å². The molecule has 0 amide bonds. The van der Waals surface area contributed by atoms with E-state index in [1.807, 2.05) is 26.8 Å². The highest BCUT2D eigenvalue weighted by Gasteiger charge is 2.31. The average molecular weight is 514 g/mol. The molecule has 7 nitrogen and oxygen atoms in total. The zero-order valence-corrected chi connectivity index (χ0v) is 20.1.